The third-order valence-electron chi connectivity index (χ3n) is 4.67. The number of carbonyl (C=O) groups excluding carboxylic acids is 1. The first kappa shape index (κ1) is 18.7. The molecule has 1 aromatic heterocycles. The second kappa shape index (κ2) is 7.41. The number of aromatic nitrogens is 3. The molecule has 1 aliphatic rings. The molecule has 0 unspecified atom stereocenters. The van der Waals surface area contributed by atoms with E-state index in [2.05, 4.69) is 10.1 Å². The van der Waals surface area contributed by atoms with Crippen LogP contribution in [-0.2, 0) is 4.79 Å². The molecule has 3 aromatic rings. The fraction of sp³-hybridized carbons (Fsp3) is 0.200. The van der Waals surface area contributed by atoms with Crippen molar-refractivity contribution < 1.29 is 9.48 Å². The summed E-state index contributed by atoms with van der Waals surface area (Å²) in [6, 6.07) is 14.7. The molecule has 1 aliphatic heterocycles. The second-order valence-corrected chi connectivity index (χ2v) is 7.55. The molecule has 1 amide bonds. The quantitative estimate of drug-likeness (QED) is 0.527. The summed E-state index contributed by atoms with van der Waals surface area (Å²) >= 11 is 7.57. The molecule has 142 valence electrons. The Bertz CT molecular complexity index is 1130. The first-order valence-electron chi connectivity index (χ1n) is 8.82. The standard InChI is InChI=1S/C20H17ClN4O2S/c1-3-16(26)24-15-10-5-4-9-14(15)17-18(27)22-20(28-2)23-25(17)19(24)12-7-6-8-13(21)11-12/h4-11,19H,3H2,1-2H3/p+1/t19-/m0/s1. The zero-order valence-corrected chi connectivity index (χ0v) is 16.9. The zero-order valence-electron chi connectivity index (χ0n) is 15.3. The van der Waals surface area contributed by atoms with E-state index in [1.807, 2.05) is 49.6 Å². The monoisotopic (exact) mass is 413 g/mol. The van der Waals surface area contributed by atoms with E-state index >= 15 is 0 Å². The molecule has 8 heteroatoms. The Hall–Kier alpha value is -2.64. The van der Waals surface area contributed by atoms with Gasteiger partial charge in [-0.2, -0.15) is 0 Å². The first-order valence-corrected chi connectivity index (χ1v) is 10.4. The third-order valence-corrected chi connectivity index (χ3v) is 5.47. The lowest BCUT2D eigenvalue weighted by atomic mass is 10.0. The molecule has 6 nitrogen and oxygen atoms in total. The van der Waals surface area contributed by atoms with Crippen molar-refractivity contribution in [1.82, 2.24) is 10.1 Å². The van der Waals surface area contributed by atoms with Gasteiger partial charge in [0.1, 0.15) is 0 Å². The van der Waals surface area contributed by atoms with E-state index in [1.54, 1.807) is 21.7 Å². The highest BCUT2D eigenvalue weighted by Gasteiger charge is 2.45. The van der Waals surface area contributed by atoms with Crippen molar-refractivity contribution in [1.29, 1.82) is 0 Å². The van der Waals surface area contributed by atoms with Crippen molar-refractivity contribution >= 4 is 35.0 Å². The van der Waals surface area contributed by atoms with Crippen LogP contribution in [0.5, 0.6) is 0 Å². The van der Waals surface area contributed by atoms with Crippen LogP contribution >= 0.6 is 23.4 Å². The lowest BCUT2D eigenvalue weighted by molar-refractivity contribution is -0.763. The van der Waals surface area contributed by atoms with E-state index in [0.29, 0.717) is 33.5 Å². The fourth-order valence-corrected chi connectivity index (χ4v) is 4.03. The van der Waals surface area contributed by atoms with E-state index < -0.39 is 6.17 Å². The van der Waals surface area contributed by atoms with Crippen molar-refractivity contribution in [2.75, 3.05) is 11.2 Å². The van der Waals surface area contributed by atoms with Crippen LogP contribution in [0.3, 0.4) is 0 Å². The summed E-state index contributed by atoms with van der Waals surface area (Å²) in [7, 11) is 0. The number of amides is 1. The summed E-state index contributed by atoms with van der Waals surface area (Å²) in [4.78, 5) is 30.5. The summed E-state index contributed by atoms with van der Waals surface area (Å²) in [6.45, 7) is 1.82. The predicted octanol–water partition coefficient (Wildman–Crippen LogP) is 3.40. The van der Waals surface area contributed by atoms with Gasteiger partial charge in [0, 0.05) is 22.1 Å². The number of fused-ring (bicyclic) bond motifs is 3. The Morgan fingerprint density at radius 1 is 1.29 bits per heavy atom. The lowest BCUT2D eigenvalue weighted by Gasteiger charge is -2.32. The third kappa shape index (κ3) is 3.00. The van der Waals surface area contributed by atoms with Crippen LogP contribution in [0.1, 0.15) is 25.1 Å². The van der Waals surface area contributed by atoms with Gasteiger partial charge in [0.25, 0.3) is 6.17 Å². The molecule has 28 heavy (non-hydrogen) atoms. The van der Waals surface area contributed by atoms with Crippen LogP contribution in [-0.4, -0.2) is 22.2 Å². The number of carbonyl (C=O) groups is 1. The number of benzene rings is 2. The molecule has 0 fully saturated rings. The maximum atomic E-state index is 13.0. The van der Waals surface area contributed by atoms with Crippen LogP contribution in [0.15, 0.2) is 58.5 Å². The molecular weight excluding hydrogens is 396 g/mol. The lowest BCUT2D eigenvalue weighted by Crippen LogP contribution is -2.60. The molecule has 0 bridgehead atoms. The van der Waals surface area contributed by atoms with Crippen molar-refractivity contribution in [3.8, 4) is 11.3 Å². The maximum Gasteiger partial charge on any atom is 0.325 e. The highest BCUT2D eigenvalue weighted by Crippen LogP contribution is 2.37. The van der Waals surface area contributed by atoms with Crippen LogP contribution < -0.4 is 15.1 Å². The van der Waals surface area contributed by atoms with Crippen LogP contribution in [0.2, 0.25) is 5.02 Å². The van der Waals surface area contributed by atoms with Gasteiger partial charge < -0.3 is 0 Å². The number of rotatable bonds is 3. The number of thioether (sulfide) groups is 1. The van der Waals surface area contributed by atoms with Gasteiger partial charge in [0.2, 0.25) is 11.1 Å². The molecule has 1 N–H and O–H groups in total. The smallest absolute Gasteiger partial charge is 0.291 e. The molecule has 2 heterocycles. The molecule has 1 atom stereocenters. The minimum Gasteiger partial charge on any atom is -0.291 e. The number of halogens is 1. The number of para-hydroxylation sites is 1. The van der Waals surface area contributed by atoms with Gasteiger partial charge in [0.15, 0.2) is 0 Å². The first-order chi connectivity index (χ1) is 13.5. The summed E-state index contributed by atoms with van der Waals surface area (Å²) in [5.41, 5.74) is 2.30. The SMILES string of the molecule is CCC(=O)N1c2ccccc2-c2c(=O)[nH]c(SC)n[n+]2[C@H]1c1cccc(Cl)c1. The highest BCUT2D eigenvalue weighted by atomic mass is 35.5. The van der Waals surface area contributed by atoms with E-state index in [0.717, 1.165) is 5.56 Å². The summed E-state index contributed by atoms with van der Waals surface area (Å²) < 4.78 is 1.63. The molecule has 2 aromatic carbocycles. The number of H-pyrrole nitrogens is 1. The zero-order chi connectivity index (χ0) is 19.8. The van der Waals surface area contributed by atoms with E-state index in [-0.39, 0.29) is 11.5 Å². The van der Waals surface area contributed by atoms with Gasteiger partial charge in [-0.25, -0.2) is 4.90 Å². The van der Waals surface area contributed by atoms with Crippen molar-refractivity contribution in [2.24, 2.45) is 0 Å². The predicted molar refractivity (Wildman–Crippen MR) is 110 cm³/mol. The van der Waals surface area contributed by atoms with Gasteiger partial charge in [0.05, 0.1) is 11.3 Å². The van der Waals surface area contributed by atoms with Gasteiger partial charge in [-0.3, -0.25) is 14.6 Å². The van der Waals surface area contributed by atoms with Gasteiger partial charge >= 0.3 is 11.3 Å². The van der Waals surface area contributed by atoms with Crippen molar-refractivity contribution in [3.63, 3.8) is 0 Å². The summed E-state index contributed by atoms with van der Waals surface area (Å²) in [5.74, 6) is -0.0663. The average molecular weight is 414 g/mol. The van der Waals surface area contributed by atoms with Crippen molar-refractivity contribution in [2.45, 2.75) is 24.7 Å². The average Bonchev–Trinajstić information content (AvgIpc) is 2.71. The topological polar surface area (TPSA) is 69.9 Å². The molecule has 0 aliphatic carbocycles. The number of aromatic amines is 1. The molecule has 0 saturated heterocycles. The molecule has 0 spiro atoms. The molecular formula is C20H18ClN4O2S+. The van der Waals surface area contributed by atoms with Crippen LogP contribution in [0.4, 0.5) is 5.69 Å². The van der Waals surface area contributed by atoms with Gasteiger partial charge in [-0.15, -0.1) is 0 Å². The number of nitrogens with one attached hydrogen (secondary N) is 1. The van der Waals surface area contributed by atoms with E-state index in [1.165, 1.54) is 11.8 Å². The number of nitrogens with zero attached hydrogens (tertiary/aromatic N) is 3. The normalized spacial score (nSPS) is 15.1. The highest BCUT2D eigenvalue weighted by molar-refractivity contribution is 7.98. The number of hydrogen-bond donors (Lipinski definition) is 1. The van der Waals surface area contributed by atoms with Crippen LogP contribution in [0, 0.1) is 0 Å². The van der Waals surface area contributed by atoms with Crippen molar-refractivity contribution in [3.05, 3.63) is 69.5 Å². The van der Waals surface area contributed by atoms with E-state index in [4.69, 9.17) is 11.6 Å². The largest absolute Gasteiger partial charge is 0.325 e. The Morgan fingerprint density at radius 3 is 2.79 bits per heavy atom. The second-order valence-electron chi connectivity index (χ2n) is 6.32. The Morgan fingerprint density at radius 2 is 2.07 bits per heavy atom. The van der Waals surface area contributed by atoms with Crippen LogP contribution in [0.25, 0.3) is 11.3 Å². The Kier molecular flexibility index (Phi) is 4.95. The number of hydrogen-bond acceptors (Lipinski definition) is 4. The minimum atomic E-state index is -0.607. The van der Waals surface area contributed by atoms with Gasteiger partial charge in [-0.1, -0.05) is 54.6 Å². The molecule has 4 rings (SSSR count). The Labute approximate surface area is 171 Å². The fourth-order valence-electron chi connectivity index (χ4n) is 3.47. The summed E-state index contributed by atoms with van der Waals surface area (Å²) in [6.07, 6.45) is 1.55. The minimum absolute atomic E-state index is 0.0663. The van der Waals surface area contributed by atoms with E-state index in [9.17, 15) is 9.59 Å². The summed E-state index contributed by atoms with van der Waals surface area (Å²) in [5, 5.41) is 5.66. The number of anilines is 1. The van der Waals surface area contributed by atoms with Gasteiger partial charge in [-0.05, 0) is 35.2 Å². The molecule has 0 radical (unpaired) electrons. The molecule has 0 saturated carbocycles. The Balaban J connectivity index is 2.10. The maximum absolute atomic E-state index is 13.0.